The van der Waals surface area contributed by atoms with Gasteiger partial charge in [0.2, 0.25) is 0 Å². The number of fused-ring (bicyclic) bond motifs is 1. The Morgan fingerprint density at radius 2 is 1.84 bits per heavy atom. The number of rotatable bonds is 10. The number of aromatic hydroxyl groups is 2. The molecule has 1 aliphatic heterocycles. The summed E-state index contributed by atoms with van der Waals surface area (Å²) < 4.78 is 5.40. The summed E-state index contributed by atoms with van der Waals surface area (Å²) in [5, 5.41) is 29.3. The maximum atomic E-state index is 12.0. The fourth-order valence-electron chi connectivity index (χ4n) is 3.43. The number of benzene rings is 1. The van der Waals surface area contributed by atoms with Gasteiger partial charge in [-0.1, -0.05) is 39.0 Å². The van der Waals surface area contributed by atoms with Crippen molar-refractivity contribution in [3.05, 3.63) is 23.3 Å². The van der Waals surface area contributed by atoms with E-state index < -0.39 is 5.97 Å². The number of aliphatic hydroxyl groups excluding tert-OH is 1. The molecular formula is C20H30O5. The van der Waals surface area contributed by atoms with Crippen molar-refractivity contribution in [1.29, 1.82) is 0 Å². The van der Waals surface area contributed by atoms with Gasteiger partial charge in [-0.3, -0.25) is 0 Å². The summed E-state index contributed by atoms with van der Waals surface area (Å²) in [5.74, 6) is -0.785. The third-order valence-electron chi connectivity index (χ3n) is 4.81. The van der Waals surface area contributed by atoms with Gasteiger partial charge in [-0.15, -0.1) is 0 Å². The largest absolute Gasteiger partial charge is 0.508 e. The number of phenols is 2. The number of cyclic esters (lactones) is 1. The summed E-state index contributed by atoms with van der Waals surface area (Å²) in [5.41, 5.74) is 0.814. The molecule has 0 spiro atoms. The predicted molar refractivity (Wildman–Crippen MR) is 95.9 cm³/mol. The summed E-state index contributed by atoms with van der Waals surface area (Å²) in [7, 11) is 0. The first kappa shape index (κ1) is 19.6. The summed E-state index contributed by atoms with van der Waals surface area (Å²) in [6.45, 7) is 2.16. The van der Waals surface area contributed by atoms with Crippen LogP contribution < -0.4 is 0 Å². The second kappa shape index (κ2) is 9.66. The van der Waals surface area contributed by atoms with Crippen molar-refractivity contribution in [2.24, 2.45) is 0 Å². The van der Waals surface area contributed by atoms with E-state index in [-0.39, 0.29) is 29.3 Å². The van der Waals surface area contributed by atoms with Crippen LogP contribution in [0.15, 0.2) is 12.1 Å². The fourth-order valence-corrected chi connectivity index (χ4v) is 3.43. The lowest BCUT2D eigenvalue weighted by Gasteiger charge is -2.25. The van der Waals surface area contributed by atoms with Gasteiger partial charge >= 0.3 is 5.97 Å². The molecular weight excluding hydrogens is 320 g/mol. The van der Waals surface area contributed by atoms with E-state index in [9.17, 15) is 20.1 Å². The summed E-state index contributed by atoms with van der Waals surface area (Å²) in [4.78, 5) is 12.0. The van der Waals surface area contributed by atoms with Gasteiger partial charge in [0.25, 0.3) is 0 Å². The molecule has 0 saturated heterocycles. The van der Waals surface area contributed by atoms with Crippen LogP contribution in [0.1, 0.15) is 80.6 Å². The van der Waals surface area contributed by atoms with Gasteiger partial charge in [0.1, 0.15) is 23.2 Å². The van der Waals surface area contributed by atoms with Crippen LogP contribution in [-0.4, -0.2) is 33.5 Å². The van der Waals surface area contributed by atoms with Crippen LogP contribution in [0, 0.1) is 0 Å². The lowest BCUT2D eigenvalue weighted by Crippen LogP contribution is -2.27. The monoisotopic (exact) mass is 350 g/mol. The number of aliphatic hydroxyl groups is 1. The molecule has 1 heterocycles. The van der Waals surface area contributed by atoms with E-state index >= 15 is 0 Å². The molecule has 0 bridgehead atoms. The molecule has 5 heteroatoms. The molecule has 1 aromatic rings. The SMILES string of the molecule is CCCCCC(O)CCCCCC1Cc2cc(O)cc(O)c2C(=O)O1. The Morgan fingerprint density at radius 3 is 2.56 bits per heavy atom. The van der Waals surface area contributed by atoms with Crippen LogP contribution in [0.25, 0.3) is 0 Å². The van der Waals surface area contributed by atoms with E-state index in [1.165, 1.54) is 18.9 Å². The van der Waals surface area contributed by atoms with Gasteiger partial charge in [-0.05, 0) is 37.3 Å². The highest BCUT2D eigenvalue weighted by molar-refractivity contribution is 5.95. The molecule has 3 N–H and O–H groups in total. The second-order valence-electron chi connectivity index (χ2n) is 7.02. The minimum Gasteiger partial charge on any atom is -0.508 e. The molecule has 2 atom stereocenters. The summed E-state index contributed by atoms with van der Waals surface area (Å²) in [6, 6.07) is 2.68. The van der Waals surface area contributed by atoms with E-state index in [0.717, 1.165) is 51.0 Å². The van der Waals surface area contributed by atoms with Crippen LogP contribution in [0.4, 0.5) is 0 Å². The lowest BCUT2D eigenvalue weighted by molar-refractivity contribution is 0.0227. The summed E-state index contributed by atoms with van der Waals surface area (Å²) in [6.07, 6.45) is 8.93. The zero-order valence-corrected chi connectivity index (χ0v) is 15.0. The van der Waals surface area contributed by atoms with Crippen molar-refractivity contribution in [3.8, 4) is 11.5 Å². The highest BCUT2D eigenvalue weighted by atomic mass is 16.5. The Hall–Kier alpha value is -1.75. The Labute approximate surface area is 149 Å². The maximum absolute atomic E-state index is 12.0. The van der Waals surface area contributed by atoms with Crippen molar-refractivity contribution >= 4 is 5.97 Å². The van der Waals surface area contributed by atoms with Crippen molar-refractivity contribution < 1.29 is 24.9 Å². The first-order valence-corrected chi connectivity index (χ1v) is 9.45. The molecule has 140 valence electrons. The quantitative estimate of drug-likeness (QED) is 0.437. The van der Waals surface area contributed by atoms with E-state index in [2.05, 4.69) is 6.92 Å². The Balaban J connectivity index is 1.70. The molecule has 0 aromatic heterocycles. The molecule has 0 radical (unpaired) electrons. The molecule has 1 aliphatic rings. The number of phenolic OH excluding ortho intramolecular Hbond substituents is 2. The molecule has 2 unspecified atom stereocenters. The van der Waals surface area contributed by atoms with Gasteiger partial charge in [0.15, 0.2) is 0 Å². The fraction of sp³-hybridized carbons (Fsp3) is 0.650. The Morgan fingerprint density at radius 1 is 1.12 bits per heavy atom. The third kappa shape index (κ3) is 5.92. The number of carbonyl (C=O) groups excluding carboxylic acids is 1. The van der Waals surface area contributed by atoms with Crippen LogP contribution in [-0.2, 0) is 11.2 Å². The van der Waals surface area contributed by atoms with E-state index in [4.69, 9.17) is 4.74 Å². The minimum atomic E-state index is -0.518. The first-order valence-electron chi connectivity index (χ1n) is 9.45. The average Bonchev–Trinajstić information content (AvgIpc) is 2.53. The van der Waals surface area contributed by atoms with Crippen molar-refractivity contribution in [2.75, 3.05) is 0 Å². The van der Waals surface area contributed by atoms with E-state index in [0.29, 0.717) is 12.0 Å². The van der Waals surface area contributed by atoms with E-state index in [1.807, 2.05) is 0 Å². The number of carbonyl (C=O) groups is 1. The third-order valence-corrected chi connectivity index (χ3v) is 4.81. The lowest BCUT2D eigenvalue weighted by atomic mass is 9.94. The number of hydrogen-bond acceptors (Lipinski definition) is 5. The molecule has 0 fully saturated rings. The maximum Gasteiger partial charge on any atom is 0.342 e. The van der Waals surface area contributed by atoms with Crippen molar-refractivity contribution in [2.45, 2.75) is 83.3 Å². The molecule has 0 amide bonds. The minimum absolute atomic E-state index is 0.0400. The van der Waals surface area contributed by atoms with Crippen LogP contribution in [0.3, 0.4) is 0 Å². The Bertz CT molecular complexity index is 569. The van der Waals surface area contributed by atoms with Crippen LogP contribution in [0.5, 0.6) is 11.5 Å². The second-order valence-corrected chi connectivity index (χ2v) is 7.02. The van der Waals surface area contributed by atoms with Gasteiger partial charge < -0.3 is 20.1 Å². The topological polar surface area (TPSA) is 87.0 Å². The molecule has 2 rings (SSSR count). The summed E-state index contributed by atoms with van der Waals surface area (Å²) >= 11 is 0. The van der Waals surface area contributed by atoms with Crippen LogP contribution >= 0.6 is 0 Å². The molecule has 25 heavy (non-hydrogen) atoms. The number of unbranched alkanes of at least 4 members (excludes halogenated alkanes) is 4. The zero-order chi connectivity index (χ0) is 18.2. The highest BCUT2D eigenvalue weighted by Crippen LogP contribution is 2.33. The number of esters is 1. The first-order chi connectivity index (χ1) is 12.0. The normalized spacial score (nSPS) is 17.8. The number of ether oxygens (including phenoxy) is 1. The van der Waals surface area contributed by atoms with E-state index in [1.54, 1.807) is 0 Å². The van der Waals surface area contributed by atoms with Crippen molar-refractivity contribution in [3.63, 3.8) is 0 Å². The van der Waals surface area contributed by atoms with Gasteiger partial charge in [0, 0.05) is 12.5 Å². The van der Waals surface area contributed by atoms with Gasteiger partial charge in [-0.25, -0.2) is 4.79 Å². The molecule has 0 aliphatic carbocycles. The average molecular weight is 350 g/mol. The Kier molecular flexibility index (Phi) is 7.56. The zero-order valence-electron chi connectivity index (χ0n) is 15.0. The standard InChI is InChI=1S/C20H30O5/c1-2-3-5-8-15(21)9-6-4-7-10-17-12-14-11-16(22)13-18(23)19(14)20(24)25-17/h11,13,15,17,21-23H,2-10,12H2,1H3. The van der Waals surface area contributed by atoms with Gasteiger partial charge in [0.05, 0.1) is 6.10 Å². The van der Waals surface area contributed by atoms with Crippen molar-refractivity contribution in [1.82, 2.24) is 0 Å². The smallest absolute Gasteiger partial charge is 0.342 e. The number of hydrogen-bond donors (Lipinski definition) is 3. The van der Waals surface area contributed by atoms with Crippen LogP contribution in [0.2, 0.25) is 0 Å². The molecule has 0 saturated carbocycles. The molecule has 1 aromatic carbocycles. The van der Waals surface area contributed by atoms with Gasteiger partial charge in [-0.2, -0.15) is 0 Å². The molecule has 5 nitrogen and oxygen atoms in total. The highest BCUT2D eigenvalue weighted by Gasteiger charge is 2.29. The predicted octanol–water partition coefficient (Wildman–Crippen LogP) is 4.07.